The number of hydrogen-bond donors (Lipinski definition) is 5. The van der Waals surface area contributed by atoms with Gasteiger partial charge in [0.1, 0.15) is 6.04 Å². The Morgan fingerprint density at radius 1 is 1.14 bits per heavy atom. The SMILES string of the molecule is CC(C)(C)C(=O)Nc1nc2ncc(/C=C/CCCCC(=O)N[C@@H](CCC(=O)O)C(=O)O)cc2c(=O)[nH]1. The third-order valence-corrected chi connectivity index (χ3v) is 5.11. The van der Waals surface area contributed by atoms with Crippen LogP contribution in [0.15, 0.2) is 23.1 Å². The maximum Gasteiger partial charge on any atom is 0.326 e. The monoisotopic (exact) mass is 501 g/mol. The van der Waals surface area contributed by atoms with Crippen molar-refractivity contribution in [2.75, 3.05) is 5.32 Å². The quantitative estimate of drug-likeness (QED) is 0.271. The standard InChI is InChI=1S/C24H31N5O7/c1-24(2,3)22(36)29-23-27-19-15(20(33)28-23)12-14(13-25-19)8-6-4-5-7-9-17(30)26-16(21(34)35)10-11-18(31)32/h6,8,12-13,16H,4-5,7,9-11H2,1-3H3,(H,26,30)(H,31,32)(H,34,35)(H2,25,27,28,29,33,36)/b8-6+/t16-/m0/s1. The summed E-state index contributed by atoms with van der Waals surface area (Å²) in [5.74, 6) is -3.10. The molecule has 36 heavy (non-hydrogen) atoms. The molecule has 1 atom stereocenters. The third-order valence-electron chi connectivity index (χ3n) is 5.11. The second-order valence-electron chi connectivity index (χ2n) is 9.30. The van der Waals surface area contributed by atoms with Crippen LogP contribution in [-0.4, -0.2) is 55.0 Å². The van der Waals surface area contributed by atoms with Gasteiger partial charge < -0.3 is 15.5 Å². The molecule has 0 aliphatic carbocycles. The van der Waals surface area contributed by atoms with Crippen molar-refractivity contribution in [3.8, 4) is 0 Å². The van der Waals surface area contributed by atoms with Gasteiger partial charge in [-0.2, -0.15) is 4.98 Å². The summed E-state index contributed by atoms with van der Waals surface area (Å²) < 4.78 is 0. The lowest BCUT2D eigenvalue weighted by atomic mass is 9.96. The Balaban J connectivity index is 1.86. The highest BCUT2D eigenvalue weighted by Gasteiger charge is 2.22. The minimum atomic E-state index is -1.27. The van der Waals surface area contributed by atoms with Gasteiger partial charge in [-0.3, -0.25) is 29.5 Å². The number of pyridine rings is 1. The lowest BCUT2D eigenvalue weighted by Gasteiger charge is -2.16. The van der Waals surface area contributed by atoms with Crippen molar-refractivity contribution in [2.24, 2.45) is 5.41 Å². The molecular weight excluding hydrogens is 470 g/mol. The molecule has 0 unspecified atom stereocenters. The summed E-state index contributed by atoms with van der Waals surface area (Å²) in [5.41, 5.74) is -0.195. The maximum atomic E-state index is 12.4. The molecule has 2 aromatic heterocycles. The number of carboxylic acid groups (broad SMARTS) is 2. The number of aromatic nitrogens is 3. The molecule has 194 valence electrons. The fraction of sp³-hybridized carbons (Fsp3) is 0.458. The zero-order chi connectivity index (χ0) is 26.9. The minimum Gasteiger partial charge on any atom is -0.481 e. The summed E-state index contributed by atoms with van der Waals surface area (Å²) in [7, 11) is 0. The van der Waals surface area contributed by atoms with Gasteiger partial charge in [0, 0.05) is 24.5 Å². The number of H-pyrrole nitrogens is 1. The van der Waals surface area contributed by atoms with Gasteiger partial charge in [-0.25, -0.2) is 9.78 Å². The van der Waals surface area contributed by atoms with Crippen molar-refractivity contribution in [1.82, 2.24) is 20.3 Å². The van der Waals surface area contributed by atoms with E-state index < -0.39 is 34.9 Å². The first-order chi connectivity index (χ1) is 16.9. The Bertz CT molecular complexity index is 1210. The van der Waals surface area contributed by atoms with Gasteiger partial charge >= 0.3 is 11.9 Å². The average molecular weight is 502 g/mol. The summed E-state index contributed by atoms with van der Waals surface area (Å²) in [6.45, 7) is 5.23. The number of aliphatic carboxylic acids is 2. The van der Waals surface area contributed by atoms with Gasteiger partial charge in [0.2, 0.25) is 17.8 Å². The molecule has 2 aromatic rings. The largest absolute Gasteiger partial charge is 0.481 e. The van der Waals surface area contributed by atoms with Crippen molar-refractivity contribution in [3.05, 3.63) is 34.3 Å². The van der Waals surface area contributed by atoms with Crippen molar-refractivity contribution in [2.45, 2.75) is 65.3 Å². The van der Waals surface area contributed by atoms with Gasteiger partial charge in [0.25, 0.3) is 5.56 Å². The predicted molar refractivity (Wildman–Crippen MR) is 132 cm³/mol. The lowest BCUT2D eigenvalue weighted by molar-refractivity contribution is -0.143. The zero-order valence-electron chi connectivity index (χ0n) is 20.5. The highest BCUT2D eigenvalue weighted by molar-refractivity contribution is 5.93. The van der Waals surface area contributed by atoms with E-state index >= 15 is 0 Å². The molecule has 12 nitrogen and oxygen atoms in total. The first-order valence-electron chi connectivity index (χ1n) is 11.5. The lowest BCUT2D eigenvalue weighted by Crippen LogP contribution is -2.41. The van der Waals surface area contributed by atoms with E-state index in [0.29, 0.717) is 24.8 Å². The first-order valence-corrected chi connectivity index (χ1v) is 11.5. The average Bonchev–Trinajstić information content (AvgIpc) is 2.78. The van der Waals surface area contributed by atoms with Crippen LogP contribution in [0.1, 0.15) is 64.9 Å². The highest BCUT2D eigenvalue weighted by Crippen LogP contribution is 2.16. The molecule has 0 saturated heterocycles. The molecule has 5 N–H and O–H groups in total. The molecule has 0 aliphatic heterocycles. The Kier molecular flexibility index (Phi) is 9.83. The Morgan fingerprint density at radius 2 is 1.86 bits per heavy atom. The fourth-order valence-electron chi connectivity index (χ4n) is 3.04. The van der Waals surface area contributed by atoms with Gasteiger partial charge in [0.05, 0.1) is 5.39 Å². The summed E-state index contributed by atoms with van der Waals surface area (Å²) in [4.78, 5) is 69.2. The van der Waals surface area contributed by atoms with E-state index in [1.54, 1.807) is 39.1 Å². The normalized spacial score (nSPS) is 12.4. The molecule has 0 radical (unpaired) electrons. The molecule has 2 heterocycles. The summed E-state index contributed by atoms with van der Waals surface area (Å²) in [6, 6.07) is 0.411. The minimum absolute atomic E-state index is 0.0313. The number of hydrogen-bond acceptors (Lipinski definition) is 7. The number of unbranched alkanes of at least 4 members (excludes halogenated alkanes) is 2. The van der Waals surface area contributed by atoms with Gasteiger partial charge in [-0.05, 0) is 37.3 Å². The first kappa shape index (κ1) is 28.1. The number of carbonyl (C=O) groups excluding carboxylic acids is 2. The molecule has 0 bridgehead atoms. The van der Waals surface area contributed by atoms with Crippen molar-refractivity contribution < 1.29 is 29.4 Å². The van der Waals surface area contributed by atoms with Crippen LogP contribution in [0.2, 0.25) is 0 Å². The van der Waals surface area contributed by atoms with Crippen molar-refractivity contribution in [3.63, 3.8) is 0 Å². The number of carboxylic acids is 2. The topological polar surface area (TPSA) is 191 Å². The number of nitrogens with one attached hydrogen (secondary N) is 3. The molecule has 0 spiro atoms. The smallest absolute Gasteiger partial charge is 0.326 e. The van der Waals surface area contributed by atoms with Crippen LogP contribution >= 0.6 is 0 Å². The Hall–Kier alpha value is -4.09. The zero-order valence-corrected chi connectivity index (χ0v) is 20.5. The molecule has 0 aromatic carbocycles. The highest BCUT2D eigenvalue weighted by atomic mass is 16.4. The number of rotatable bonds is 12. The molecule has 2 rings (SSSR count). The maximum absolute atomic E-state index is 12.4. The van der Waals surface area contributed by atoms with Crippen molar-refractivity contribution >= 4 is 46.8 Å². The van der Waals surface area contributed by atoms with E-state index in [0.717, 1.165) is 0 Å². The van der Waals surface area contributed by atoms with E-state index in [1.165, 1.54) is 0 Å². The molecular formula is C24H31N5O7. The van der Waals surface area contributed by atoms with E-state index in [-0.39, 0.29) is 42.2 Å². The van der Waals surface area contributed by atoms with Crippen LogP contribution in [0.25, 0.3) is 17.1 Å². The summed E-state index contributed by atoms with van der Waals surface area (Å²) in [5, 5.41) is 22.9. The van der Waals surface area contributed by atoms with Crippen molar-refractivity contribution in [1.29, 1.82) is 0 Å². The second-order valence-corrected chi connectivity index (χ2v) is 9.30. The second kappa shape index (κ2) is 12.6. The van der Waals surface area contributed by atoms with E-state index in [1.807, 2.05) is 6.08 Å². The van der Waals surface area contributed by atoms with Crippen LogP contribution in [0, 0.1) is 5.41 Å². The number of nitrogens with zero attached hydrogens (tertiary/aromatic N) is 2. The number of carbonyl (C=O) groups is 4. The summed E-state index contributed by atoms with van der Waals surface area (Å²) in [6.07, 6.45) is 6.63. The number of allylic oxidation sites excluding steroid dienone is 1. The number of anilines is 1. The Labute approximate surface area is 207 Å². The van der Waals surface area contributed by atoms with Crippen LogP contribution in [-0.2, 0) is 19.2 Å². The van der Waals surface area contributed by atoms with Crippen LogP contribution in [0.4, 0.5) is 5.95 Å². The van der Waals surface area contributed by atoms with E-state index in [4.69, 9.17) is 10.2 Å². The summed E-state index contributed by atoms with van der Waals surface area (Å²) >= 11 is 0. The number of fused-ring (bicyclic) bond motifs is 1. The number of aromatic amines is 1. The molecule has 0 fully saturated rings. The molecule has 0 aliphatic rings. The Morgan fingerprint density at radius 3 is 2.50 bits per heavy atom. The predicted octanol–water partition coefficient (Wildman–Crippen LogP) is 2.31. The van der Waals surface area contributed by atoms with E-state index in [9.17, 15) is 24.0 Å². The van der Waals surface area contributed by atoms with Crippen LogP contribution in [0.3, 0.4) is 0 Å². The fourth-order valence-corrected chi connectivity index (χ4v) is 3.04. The third kappa shape index (κ3) is 8.93. The van der Waals surface area contributed by atoms with Crippen LogP contribution < -0.4 is 16.2 Å². The van der Waals surface area contributed by atoms with Gasteiger partial charge in [0.15, 0.2) is 5.65 Å². The van der Waals surface area contributed by atoms with Gasteiger partial charge in [-0.15, -0.1) is 0 Å². The molecule has 0 saturated carbocycles. The molecule has 12 heteroatoms. The van der Waals surface area contributed by atoms with E-state index in [2.05, 4.69) is 25.6 Å². The number of amides is 2. The van der Waals surface area contributed by atoms with Crippen LogP contribution in [0.5, 0.6) is 0 Å². The van der Waals surface area contributed by atoms with Gasteiger partial charge in [-0.1, -0.05) is 32.9 Å². The molecule has 2 amide bonds.